The van der Waals surface area contributed by atoms with Crippen LogP contribution >= 0.6 is 24.0 Å². The molecule has 3 N–H and O–H groups in total. The summed E-state index contributed by atoms with van der Waals surface area (Å²) in [7, 11) is 1.80. The molecule has 1 unspecified atom stereocenters. The Morgan fingerprint density at radius 1 is 1.06 bits per heavy atom. The van der Waals surface area contributed by atoms with E-state index in [0.29, 0.717) is 13.1 Å². The molecule has 2 saturated carbocycles. The van der Waals surface area contributed by atoms with E-state index >= 15 is 0 Å². The summed E-state index contributed by atoms with van der Waals surface area (Å²) in [6.07, 6.45) is 11.4. The summed E-state index contributed by atoms with van der Waals surface area (Å²) in [6.45, 7) is 1.28. The summed E-state index contributed by atoms with van der Waals surface area (Å²) in [5, 5.41) is 10.1. The number of para-hydroxylation sites is 1. The zero-order valence-electron chi connectivity index (χ0n) is 18.6. The van der Waals surface area contributed by atoms with Crippen LogP contribution in [0.25, 0.3) is 0 Å². The molecule has 172 valence electrons. The number of guanidine groups is 1. The number of halogens is 1. The van der Waals surface area contributed by atoms with Gasteiger partial charge in [-0.15, -0.1) is 24.0 Å². The minimum Gasteiger partial charge on any atom is -0.487 e. The van der Waals surface area contributed by atoms with Crippen molar-refractivity contribution < 1.29 is 9.53 Å². The van der Waals surface area contributed by atoms with Gasteiger partial charge in [0.15, 0.2) is 5.96 Å². The number of aliphatic imine (C=N–C) groups is 1. The van der Waals surface area contributed by atoms with E-state index < -0.39 is 0 Å². The molecule has 7 heteroatoms. The topological polar surface area (TPSA) is 74.8 Å². The van der Waals surface area contributed by atoms with Crippen LogP contribution in [0.1, 0.15) is 75.8 Å². The SMILES string of the molecule is CN=C(NCCNC(=O)C1CCCCC1)NC1CC2(CCCC2)Oc2ccccc21.I. The Morgan fingerprint density at radius 3 is 2.52 bits per heavy atom. The third kappa shape index (κ3) is 6.05. The molecule has 1 aromatic rings. The third-order valence-corrected chi connectivity index (χ3v) is 6.94. The van der Waals surface area contributed by atoms with Crippen LogP contribution in [-0.4, -0.2) is 37.6 Å². The van der Waals surface area contributed by atoms with Gasteiger partial charge in [-0.25, -0.2) is 0 Å². The van der Waals surface area contributed by atoms with Gasteiger partial charge in [-0.2, -0.15) is 0 Å². The number of ether oxygens (including phenoxy) is 1. The maximum atomic E-state index is 12.3. The van der Waals surface area contributed by atoms with Gasteiger partial charge in [-0.05, 0) is 44.6 Å². The van der Waals surface area contributed by atoms with Gasteiger partial charge in [-0.3, -0.25) is 9.79 Å². The number of nitrogens with zero attached hydrogens (tertiary/aromatic N) is 1. The minimum atomic E-state index is -0.0428. The fraction of sp³-hybridized carbons (Fsp3) is 0.667. The first-order valence-corrected chi connectivity index (χ1v) is 11.7. The van der Waals surface area contributed by atoms with E-state index in [1.165, 1.54) is 37.7 Å². The van der Waals surface area contributed by atoms with Crippen molar-refractivity contribution in [1.82, 2.24) is 16.0 Å². The van der Waals surface area contributed by atoms with Crippen LogP contribution in [0.2, 0.25) is 0 Å². The first-order chi connectivity index (χ1) is 14.7. The van der Waals surface area contributed by atoms with Crippen LogP contribution < -0.4 is 20.7 Å². The minimum absolute atomic E-state index is 0. The van der Waals surface area contributed by atoms with Gasteiger partial charge in [0.25, 0.3) is 0 Å². The van der Waals surface area contributed by atoms with E-state index in [2.05, 4.69) is 39.1 Å². The average Bonchev–Trinajstić information content (AvgIpc) is 3.23. The summed E-state index contributed by atoms with van der Waals surface area (Å²) < 4.78 is 6.46. The van der Waals surface area contributed by atoms with E-state index in [4.69, 9.17) is 4.74 Å². The number of hydrogen-bond donors (Lipinski definition) is 3. The second-order valence-electron chi connectivity index (χ2n) is 9.06. The molecule has 1 atom stereocenters. The third-order valence-electron chi connectivity index (χ3n) is 6.94. The number of fused-ring (bicyclic) bond motifs is 1. The second kappa shape index (κ2) is 11.4. The standard InChI is InChI=1S/C24H36N4O2.HI/c1-25-23(27-16-15-26-22(29)18-9-3-2-4-10-18)28-20-17-24(13-7-8-14-24)30-21-12-6-5-11-19(20)21;/h5-6,11-12,18,20H,2-4,7-10,13-17H2,1H3,(H,26,29)(H2,25,27,28);1H. The Labute approximate surface area is 203 Å². The molecule has 1 heterocycles. The number of benzene rings is 1. The molecule has 0 bridgehead atoms. The van der Waals surface area contributed by atoms with Crippen molar-refractivity contribution in [3.63, 3.8) is 0 Å². The predicted octanol–water partition coefficient (Wildman–Crippen LogP) is 4.30. The van der Waals surface area contributed by atoms with Crippen molar-refractivity contribution in [3.05, 3.63) is 29.8 Å². The molecule has 6 nitrogen and oxygen atoms in total. The average molecular weight is 540 g/mol. The molecule has 2 fully saturated rings. The van der Waals surface area contributed by atoms with Gasteiger partial charge in [0, 0.05) is 38.0 Å². The first-order valence-electron chi connectivity index (χ1n) is 11.7. The van der Waals surface area contributed by atoms with Gasteiger partial charge in [0.05, 0.1) is 6.04 Å². The zero-order valence-corrected chi connectivity index (χ0v) is 21.0. The number of hydrogen-bond acceptors (Lipinski definition) is 3. The zero-order chi connectivity index (χ0) is 20.8. The highest BCUT2D eigenvalue weighted by atomic mass is 127. The largest absolute Gasteiger partial charge is 0.487 e. The molecular formula is C24H37IN4O2. The molecule has 2 aliphatic carbocycles. The van der Waals surface area contributed by atoms with Gasteiger partial charge < -0.3 is 20.7 Å². The maximum absolute atomic E-state index is 12.3. The lowest BCUT2D eigenvalue weighted by atomic mass is 9.86. The van der Waals surface area contributed by atoms with Gasteiger partial charge >= 0.3 is 0 Å². The molecule has 0 radical (unpaired) electrons. The number of rotatable bonds is 5. The molecule has 1 spiro atoms. The highest BCUT2D eigenvalue weighted by molar-refractivity contribution is 14.0. The first kappa shape index (κ1) is 24.1. The maximum Gasteiger partial charge on any atom is 0.223 e. The molecule has 3 aliphatic rings. The van der Waals surface area contributed by atoms with Crippen molar-refractivity contribution in [2.45, 2.75) is 75.9 Å². The van der Waals surface area contributed by atoms with E-state index in [0.717, 1.165) is 43.8 Å². The van der Waals surface area contributed by atoms with Gasteiger partial charge in [0.2, 0.25) is 5.91 Å². The normalized spacial score (nSPS) is 22.7. The van der Waals surface area contributed by atoms with Gasteiger partial charge in [-0.1, -0.05) is 37.5 Å². The van der Waals surface area contributed by atoms with Crippen molar-refractivity contribution in [2.24, 2.45) is 10.9 Å². The highest BCUT2D eigenvalue weighted by Gasteiger charge is 2.43. The van der Waals surface area contributed by atoms with Crippen molar-refractivity contribution in [2.75, 3.05) is 20.1 Å². The van der Waals surface area contributed by atoms with Crippen molar-refractivity contribution in [1.29, 1.82) is 0 Å². The molecule has 0 saturated heterocycles. The van der Waals surface area contributed by atoms with Crippen LogP contribution in [0.15, 0.2) is 29.3 Å². The number of carbonyl (C=O) groups excluding carboxylic acids is 1. The molecule has 4 rings (SSSR count). The molecule has 1 amide bonds. The lowest BCUT2D eigenvalue weighted by Crippen LogP contribution is -2.48. The lowest BCUT2D eigenvalue weighted by Gasteiger charge is -2.40. The summed E-state index contributed by atoms with van der Waals surface area (Å²) >= 11 is 0. The Bertz CT molecular complexity index is 758. The molecular weight excluding hydrogens is 503 g/mol. The van der Waals surface area contributed by atoms with Crippen LogP contribution in [-0.2, 0) is 4.79 Å². The fourth-order valence-corrected chi connectivity index (χ4v) is 5.31. The lowest BCUT2D eigenvalue weighted by molar-refractivity contribution is -0.125. The monoisotopic (exact) mass is 540 g/mol. The van der Waals surface area contributed by atoms with E-state index in [-0.39, 0.29) is 47.4 Å². The predicted molar refractivity (Wildman–Crippen MR) is 135 cm³/mol. The molecule has 1 aliphatic heterocycles. The smallest absolute Gasteiger partial charge is 0.223 e. The summed E-state index contributed by atoms with van der Waals surface area (Å²) in [4.78, 5) is 16.7. The Kier molecular flexibility index (Phi) is 8.86. The number of carbonyl (C=O) groups is 1. The molecule has 31 heavy (non-hydrogen) atoms. The van der Waals surface area contributed by atoms with Gasteiger partial charge in [0.1, 0.15) is 11.4 Å². The van der Waals surface area contributed by atoms with Crippen LogP contribution in [0.4, 0.5) is 0 Å². The fourth-order valence-electron chi connectivity index (χ4n) is 5.31. The second-order valence-corrected chi connectivity index (χ2v) is 9.06. The highest BCUT2D eigenvalue weighted by Crippen LogP contribution is 2.46. The van der Waals surface area contributed by atoms with E-state index in [9.17, 15) is 4.79 Å². The summed E-state index contributed by atoms with van der Waals surface area (Å²) in [5.74, 6) is 2.19. The Hall–Kier alpha value is -1.51. The Morgan fingerprint density at radius 2 is 1.77 bits per heavy atom. The summed E-state index contributed by atoms with van der Waals surface area (Å²) in [6, 6.07) is 8.52. The van der Waals surface area contributed by atoms with Crippen LogP contribution in [0, 0.1) is 5.92 Å². The quantitative estimate of drug-likeness (QED) is 0.225. The summed E-state index contributed by atoms with van der Waals surface area (Å²) in [5.41, 5.74) is 1.15. The number of nitrogens with one attached hydrogen (secondary N) is 3. The van der Waals surface area contributed by atoms with Crippen molar-refractivity contribution in [3.8, 4) is 5.75 Å². The molecule has 0 aromatic heterocycles. The van der Waals surface area contributed by atoms with E-state index in [1.54, 1.807) is 7.05 Å². The number of amides is 1. The van der Waals surface area contributed by atoms with Crippen LogP contribution in [0.3, 0.4) is 0 Å². The molecule has 1 aromatic carbocycles. The van der Waals surface area contributed by atoms with E-state index in [1.807, 2.05) is 6.07 Å². The Balaban J connectivity index is 0.00000272. The van der Waals surface area contributed by atoms with Crippen LogP contribution in [0.5, 0.6) is 5.75 Å². The van der Waals surface area contributed by atoms with Crippen molar-refractivity contribution >= 4 is 35.8 Å².